The molecule has 0 atom stereocenters. The van der Waals surface area contributed by atoms with Gasteiger partial charge in [-0.25, -0.2) is 8.42 Å². The minimum absolute atomic E-state index is 0.0182. The SMILES string of the molecule is COc1ccc(NS(=O)(=O)c2ccc(/C=C/C(=O)N3CC[NH+](C)CC3)cc2)cc1. The van der Waals surface area contributed by atoms with Crippen LogP contribution in [0.5, 0.6) is 5.75 Å². The van der Waals surface area contributed by atoms with Crippen LogP contribution in [0.2, 0.25) is 0 Å². The van der Waals surface area contributed by atoms with Crippen molar-refractivity contribution in [1.29, 1.82) is 0 Å². The van der Waals surface area contributed by atoms with E-state index in [2.05, 4.69) is 11.8 Å². The molecular weight excluding hydrogens is 390 g/mol. The normalized spacial score (nSPS) is 15.4. The number of ether oxygens (including phenoxy) is 1. The van der Waals surface area contributed by atoms with Gasteiger partial charge in [0.2, 0.25) is 5.91 Å². The monoisotopic (exact) mass is 416 g/mol. The van der Waals surface area contributed by atoms with Crippen LogP contribution in [0.4, 0.5) is 5.69 Å². The predicted octanol–water partition coefficient (Wildman–Crippen LogP) is 0.866. The molecule has 7 nitrogen and oxygen atoms in total. The largest absolute Gasteiger partial charge is 0.497 e. The molecule has 0 aromatic heterocycles. The van der Waals surface area contributed by atoms with Crippen LogP contribution in [0, 0.1) is 0 Å². The van der Waals surface area contributed by atoms with Crippen molar-refractivity contribution in [2.24, 2.45) is 0 Å². The fourth-order valence-corrected chi connectivity index (χ4v) is 4.07. The van der Waals surface area contributed by atoms with Gasteiger partial charge in [0.05, 0.1) is 45.2 Å². The van der Waals surface area contributed by atoms with Gasteiger partial charge in [-0.2, -0.15) is 0 Å². The van der Waals surface area contributed by atoms with Gasteiger partial charge in [0.1, 0.15) is 5.75 Å². The Balaban J connectivity index is 1.63. The number of sulfonamides is 1. The first-order valence-electron chi connectivity index (χ1n) is 9.42. The maximum Gasteiger partial charge on any atom is 0.261 e. The number of nitrogens with one attached hydrogen (secondary N) is 2. The molecule has 0 radical (unpaired) electrons. The molecule has 0 aliphatic carbocycles. The van der Waals surface area contributed by atoms with Crippen LogP contribution in [0.15, 0.2) is 59.5 Å². The average molecular weight is 417 g/mol. The third-order valence-corrected chi connectivity index (χ3v) is 6.28. The summed E-state index contributed by atoms with van der Waals surface area (Å²) in [4.78, 5) is 15.7. The first kappa shape index (κ1) is 20.9. The van der Waals surface area contributed by atoms with Gasteiger partial charge in [0, 0.05) is 11.8 Å². The topological polar surface area (TPSA) is 80.1 Å². The van der Waals surface area contributed by atoms with Crippen LogP contribution in [-0.2, 0) is 14.8 Å². The van der Waals surface area contributed by atoms with Crippen LogP contribution in [0.1, 0.15) is 5.56 Å². The number of rotatable bonds is 6. The van der Waals surface area contributed by atoms with Crippen molar-refractivity contribution in [1.82, 2.24) is 4.90 Å². The maximum atomic E-state index is 12.5. The average Bonchev–Trinajstić information content (AvgIpc) is 2.73. The summed E-state index contributed by atoms with van der Waals surface area (Å²) in [6, 6.07) is 13.1. The molecule has 29 heavy (non-hydrogen) atoms. The van der Waals surface area contributed by atoms with Gasteiger partial charge >= 0.3 is 0 Å². The number of hydrogen-bond donors (Lipinski definition) is 2. The second-order valence-corrected chi connectivity index (χ2v) is 8.70. The van der Waals surface area contributed by atoms with Gasteiger partial charge in [-0.05, 0) is 48.0 Å². The zero-order chi connectivity index (χ0) is 20.9. The number of amides is 1. The summed E-state index contributed by atoms with van der Waals surface area (Å²) < 4.78 is 32.7. The van der Waals surface area contributed by atoms with E-state index in [0.717, 1.165) is 31.7 Å². The summed E-state index contributed by atoms with van der Waals surface area (Å²) in [5, 5.41) is 0. The smallest absolute Gasteiger partial charge is 0.261 e. The Morgan fingerprint density at radius 3 is 2.28 bits per heavy atom. The van der Waals surface area contributed by atoms with Crippen molar-refractivity contribution in [3.63, 3.8) is 0 Å². The molecule has 1 aliphatic heterocycles. The molecule has 1 aliphatic rings. The van der Waals surface area contributed by atoms with Gasteiger partial charge < -0.3 is 14.5 Å². The lowest BCUT2D eigenvalue weighted by atomic mass is 10.2. The van der Waals surface area contributed by atoms with Crippen molar-refractivity contribution < 1.29 is 22.8 Å². The number of likely N-dealkylation sites (N-methyl/N-ethyl adjacent to an activating group) is 1. The van der Waals surface area contributed by atoms with E-state index in [-0.39, 0.29) is 10.8 Å². The molecule has 8 heteroatoms. The van der Waals surface area contributed by atoms with Gasteiger partial charge in [0.15, 0.2) is 0 Å². The second-order valence-electron chi connectivity index (χ2n) is 7.02. The quantitative estimate of drug-likeness (QED) is 0.685. The molecule has 1 saturated heterocycles. The molecule has 1 fully saturated rings. The Hall–Kier alpha value is -2.84. The lowest BCUT2D eigenvalue weighted by Crippen LogP contribution is -3.12. The highest BCUT2D eigenvalue weighted by Crippen LogP contribution is 2.20. The highest BCUT2D eigenvalue weighted by Gasteiger charge is 2.19. The van der Waals surface area contributed by atoms with Crippen LogP contribution in [0.25, 0.3) is 6.08 Å². The summed E-state index contributed by atoms with van der Waals surface area (Å²) in [6.45, 7) is 3.41. The second kappa shape index (κ2) is 9.11. The van der Waals surface area contributed by atoms with E-state index in [9.17, 15) is 13.2 Å². The number of benzene rings is 2. The summed E-state index contributed by atoms with van der Waals surface area (Å²) in [6.07, 6.45) is 3.25. The van der Waals surface area contributed by atoms with Crippen LogP contribution < -0.4 is 14.4 Å². The molecule has 0 spiro atoms. The van der Waals surface area contributed by atoms with Gasteiger partial charge in [0.25, 0.3) is 10.0 Å². The van der Waals surface area contributed by atoms with Crippen molar-refractivity contribution in [3.05, 3.63) is 60.2 Å². The Morgan fingerprint density at radius 1 is 1.07 bits per heavy atom. The molecule has 154 valence electrons. The van der Waals surface area contributed by atoms with Crippen molar-refractivity contribution in [2.45, 2.75) is 4.90 Å². The number of carbonyl (C=O) groups is 1. The van der Waals surface area contributed by atoms with E-state index >= 15 is 0 Å². The molecule has 0 bridgehead atoms. The number of hydrogen-bond acceptors (Lipinski definition) is 4. The van der Waals surface area contributed by atoms with Gasteiger partial charge in [-0.1, -0.05) is 12.1 Å². The number of carbonyl (C=O) groups excluding carboxylic acids is 1. The molecule has 0 saturated carbocycles. The Bertz CT molecular complexity index is 962. The molecule has 2 aromatic rings. The standard InChI is InChI=1S/C21H25N3O4S/c1-23-13-15-24(16-14-23)21(25)12-5-17-3-10-20(11-4-17)29(26,27)22-18-6-8-19(28-2)9-7-18/h3-12,22H,13-16H2,1-2H3/p+1/b12-5+. The molecule has 2 N–H and O–H groups in total. The molecule has 3 rings (SSSR count). The zero-order valence-electron chi connectivity index (χ0n) is 16.6. The number of quaternary nitrogens is 1. The van der Waals surface area contributed by atoms with E-state index in [1.165, 1.54) is 17.0 Å². The lowest BCUT2D eigenvalue weighted by molar-refractivity contribution is -0.883. The van der Waals surface area contributed by atoms with E-state index in [1.54, 1.807) is 55.7 Å². The van der Waals surface area contributed by atoms with E-state index in [1.807, 2.05) is 4.90 Å². The summed E-state index contributed by atoms with van der Waals surface area (Å²) >= 11 is 0. The number of nitrogens with zero attached hydrogens (tertiary/aromatic N) is 1. The van der Waals surface area contributed by atoms with Crippen molar-refractivity contribution >= 4 is 27.7 Å². The van der Waals surface area contributed by atoms with E-state index < -0.39 is 10.0 Å². The minimum Gasteiger partial charge on any atom is -0.497 e. The van der Waals surface area contributed by atoms with E-state index in [0.29, 0.717) is 11.4 Å². The molecule has 0 unspecified atom stereocenters. The van der Waals surface area contributed by atoms with Gasteiger partial charge in [-0.3, -0.25) is 9.52 Å². The van der Waals surface area contributed by atoms with E-state index in [4.69, 9.17) is 4.74 Å². The molecule has 1 heterocycles. The summed E-state index contributed by atoms with van der Waals surface area (Å²) in [7, 11) is -0.0235. The first-order valence-corrected chi connectivity index (χ1v) is 10.9. The minimum atomic E-state index is -3.70. The Kier molecular flexibility index (Phi) is 6.56. The van der Waals surface area contributed by atoms with Crippen molar-refractivity contribution in [3.8, 4) is 5.75 Å². The lowest BCUT2D eigenvalue weighted by Gasteiger charge is -2.29. The highest BCUT2D eigenvalue weighted by molar-refractivity contribution is 7.92. The molecule has 1 amide bonds. The third-order valence-electron chi connectivity index (χ3n) is 4.88. The fraction of sp³-hybridized carbons (Fsp3) is 0.286. The number of anilines is 1. The Labute approximate surface area is 171 Å². The molecular formula is C21H26N3O4S+. The van der Waals surface area contributed by atoms with Crippen LogP contribution in [0.3, 0.4) is 0 Å². The maximum absolute atomic E-state index is 12.5. The molecule has 2 aromatic carbocycles. The summed E-state index contributed by atoms with van der Waals surface area (Å²) in [5.74, 6) is 0.631. The van der Waals surface area contributed by atoms with Crippen molar-refractivity contribution in [2.75, 3.05) is 45.1 Å². The Morgan fingerprint density at radius 2 is 1.69 bits per heavy atom. The third kappa shape index (κ3) is 5.58. The number of methoxy groups -OCH3 is 1. The van der Waals surface area contributed by atoms with Crippen LogP contribution >= 0.6 is 0 Å². The zero-order valence-corrected chi connectivity index (χ0v) is 17.4. The highest BCUT2D eigenvalue weighted by atomic mass is 32.2. The van der Waals surface area contributed by atoms with Gasteiger partial charge in [-0.15, -0.1) is 0 Å². The first-order chi connectivity index (χ1) is 13.9. The fourth-order valence-electron chi connectivity index (χ4n) is 3.01. The number of piperazine rings is 1. The predicted molar refractivity (Wildman–Crippen MR) is 112 cm³/mol. The van der Waals surface area contributed by atoms with Crippen LogP contribution in [-0.4, -0.2) is 59.6 Å². The summed E-state index contributed by atoms with van der Waals surface area (Å²) in [5.41, 5.74) is 1.22.